The second-order valence-electron chi connectivity index (χ2n) is 5.01. The number of anilines is 1. The summed E-state index contributed by atoms with van der Waals surface area (Å²) in [5.41, 5.74) is 1.52. The number of rotatable bonds is 4. The Bertz CT molecular complexity index is 726. The highest BCUT2D eigenvalue weighted by molar-refractivity contribution is 6.02. The number of carbonyl (C=O) groups is 1. The van der Waals surface area contributed by atoms with Gasteiger partial charge in [-0.05, 0) is 43.1 Å². The third-order valence-electron chi connectivity index (χ3n) is 3.45. The van der Waals surface area contributed by atoms with Gasteiger partial charge in [-0.15, -0.1) is 5.10 Å². The van der Waals surface area contributed by atoms with Crippen molar-refractivity contribution in [3.63, 3.8) is 0 Å². The zero-order chi connectivity index (χ0) is 17.5. The smallest absolute Gasteiger partial charge is 0.344 e. The third kappa shape index (κ3) is 3.98. The van der Waals surface area contributed by atoms with Gasteiger partial charge in [0.25, 0.3) is 0 Å². The maximum Gasteiger partial charge on any atom is 0.344 e. The third-order valence-corrected chi connectivity index (χ3v) is 3.45. The molecular weight excluding hydrogens is 304 g/mol. The molecule has 6 nitrogen and oxygen atoms in total. The van der Waals surface area contributed by atoms with Crippen molar-refractivity contribution in [3.8, 4) is 5.75 Å². The van der Waals surface area contributed by atoms with Crippen LogP contribution in [0.2, 0.25) is 0 Å². The monoisotopic (exact) mass is 324 g/mol. The number of hydrazone groups is 1. The standard InChI is InChI=1S/C18H20N4O2/c1-19-17(14-10-12-16(24-4)13-11-14)20-22(3)18(23)21(2)15-8-6-5-7-9-15/h5-13H,1H2,2-4H3. The lowest BCUT2D eigenvalue weighted by molar-refractivity contribution is 0.218. The molecule has 0 heterocycles. The first-order chi connectivity index (χ1) is 11.6. The number of hydrogen-bond acceptors (Lipinski definition) is 3. The zero-order valence-electron chi connectivity index (χ0n) is 14.0. The summed E-state index contributed by atoms with van der Waals surface area (Å²) < 4.78 is 5.13. The first kappa shape index (κ1) is 17.2. The highest BCUT2D eigenvalue weighted by Crippen LogP contribution is 2.15. The summed E-state index contributed by atoms with van der Waals surface area (Å²) in [6.45, 7) is 3.53. The molecule has 0 saturated carbocycles. The summed E-state index contributed by atoms with van der Waals surface area (Å²) in [5.74, 6) is 1.09. The molecule has 0 N–H and O–H groups in total. The number of amides is 2. The van der Waals surface area contributed by atoms with Gasteiger partial charge in [-0.3, -0.25) is 4.90 Å². The molecule has 0 aromatic heterocycles. The Balaban J connectivity index is 2.19. The number of nitrogens with zero attached hydrogens (tertiary/aromatic N) is 4. The molecule has 2 amide bonds. The molecule has 2 aromatic carbocycles. The molecule has 24 heavy (non-hydrogen) atoms. The molecule has 0 spiro atoms. The van der Waals surface area contributed by atoms with Crippen LogP contribution in [0.1, 0.15) is 5.56 Å². The van der Waals surface area contributed by atoms with Gasteiger partial charge in [0, 0.05) is 25.3 Å². The fourth-order valence-corrected chi connectivity index (χ4v) is 2.08. The van der Waals surface area contributed by atoms with E-state index in [1.54, 1.807) is 33.3 Å². The van der Waals surface area contributed by atoms with Gasteiger partial charge >= 0.3 is 6.03 Å². The molecule has 6 heteroatoms. The summed E-state index contributed by atoms with van der Waals surface area (Å²) in [7, 11) is 4.87. The van der Waals surface area contributed by atoms with Crippen LogP contribution in [0, 0.1) is 0 Å². The molecule has 124 valence electrons. The number of urea groups is 1. The van der Waals surface area contributed by atoms with Gasteiger partial charge in [0.1, 0.15) is 5.75 Å². The van der Waals surface area contributed by atoms with E-state index in [1.807, 2.05) is 42.5 Å². The van der Waals surface area contributed by atoms with Gasteiger partial charge in [-0.2, -0.15) is 0 Å². The van der Waals surface area contributed by atoms with Gasteiger partial charge in [-0.1, -0.05) is 18.2 Å². The Morgan fingerprint density at radius 2 is 1.67 bits per heavy atom. The van der Waals surface area contributed by atoms with E-state index in [1.165, 1.54) is 9.91 Å². The van der Waals surface area contributed by atoms with Crippen LogP contribution >= 0.6 is 0 Å². The quantitative estimate of drug-likeness (QED) is 0.492. The van der Waals surface area contributed by atoms with Crippen molar-refractivity contribution in [3.05, 3.63) is 60.2 Å². The summed E-state index contributed by atoms with van der Waals surface area (Å²) in [6.07, 6.45) is 0. The SMILES string of the molecule is C=NC(=NN(C)C(=O)N(C)c1ccccc1)c1ccc(OC)cc1. The number of hydrogen-bond donors (Lipinski definition) is 0. The van der Waals surface area contributed by atoms with Crippen molar-refractivity contribution in [1.82, 2.24) is 5.01 Å². The van der Waals surface area contributed by atoms with Crippen LogP contribution in [0.4, 0.5) is 10.5 Å². The number of benzene rings is 2. The minimum Gasteiger partial charge on any atom is -0.497 e. The number of aliphatic imine (C=N–C) groups is 1. The molecule has 0 unspecified atom stereocenters. The van der Waals surface area contributed by atoms with Crippen LogP contribution in [-0.4, -0.2) is 44.8 Å². The van der Waals surface area contributed by atoms with Crippen LogP contribution in [-0.2, 0) is 0 Å². The van der Waals surface area contributed by atoms with Gasteiger partial charge in [-0.25, -0.2) is 14.8 Å². The lowest BCUT2D eigenvalue weighted by Crippen LogP contribution is -2.36. The maximum atomic E-state index is 12.5. The minimum absolute atomic E-state index is 0.282. The molecular formula is C18H20N4O2. The lowest BCUT2D eigenvalue weighted by atomic mass is 10.2. The Morgan fingerprint density at radius 3 is 2.21 bits per heavy atom. The topological polar surface area (TPSA) is 57.5 Å². The van der Waals surface area contributed by atoms with Crippen molar-refractivity contribution in [2.24, 2.45) is 10.1 Å². The Labute approximate surface area is 141 Å². The van der Waals surface area contributed by atoms with E-state index in [0.29, 0.717) is 5.84 Å². The molecule has 0 fully saturated rings. The number of methoxy groups -OCH3 is 1. The number of ether oxygens (including phenoxy) is 1. The first-order valence-electron chi connectivity index (χ1n) is 7.33. The Hall–Kier alpha value is -3.15. The van der Waals surface area contributed by atoms with E-state index in [9.17, 15) is 4.79 Å². The summed E-state index contributed by atoms with van der Waals surface area (Å²) in [5, 5.41) is 5.49. The van der Waals surface area contributed by atoms with E-state index in [-0.39, 0.29) is 6.03 Å². The molecule has 2 rings (SSSR count). The number of carbonyl (C=O) groups excluding carboxylic acids is 1. The van der Waals surface area contributed by atoms with E-state index < -0.39 is 0 Å². The summed E-state index contributed by atoms with van der Waals surface area (Å²) in [4.78, 5) is 17.9. The molecule has 0 radical (unpaired) electrons. The largest absolute Gasteiger partial charge is 0.497 e. The lowest BCUT2D eigenvalue weighted by Gasteiger charge is -2.21. The predicted molar refractivity (Wildman–Crippen MR) is 97.1 cm³/mol. The van der Waals surface area contributed by atoms with E-state index >= 15 is 0 Å². The highest BCUT2D eigenvalue weighted by atomic mass is 16.5. The van der Waals surface area contributed by atoms with Crippen molar-refractivity contribution in [1.29, 1.82) is 0 Å². The molecule has 2 aromatic rings. The van der Waals surface area contributed by atoms with Crippen molar-refractivity contribution < 1.29 is 9.53 Å². The molecule has 0 aliphatic heterocycles. The molecule has 0 bridgehead atoms. The fraction of sp³-hybridized carbons (Fsp3) is 0.167. The average molecular weight is 324 g/mol. The van der Waals surface area contributed by atoms with Crippen molar-refractivity contribution >= 4 is 24.3 Å². The summed E-state index contributed by atoms with van der Waals surface area (Å²) in [6, 6.07) is 16.3. The fourth-order valence-electron chi connectivity index (χ4n) is 2.08. The van der Waals surface area contributed by atoms with Crippen LogP contribution in [0.5, 0.6) is 5.75 Å². The van der Waals surface area contributed by atoms with Crippen LogP contribution < -0.4 is 9.64 Å². The molecule has 0 atom stereocenters. The summed E-state index contributed by atoms with van der Waals surface area (Å²) >= 11 is 0. The normalized spacial score (nSPS) is 10.9. The zero-order valence-corrected chi connectivity index (χ0v) is 14.0. The van der Waals surface area contributed by atoms with Crippen molar-refractivity contribution in [2.45, 2.75) is 0 Å². The highest BCUT2D eigenvalue weighted by Gasteiger charge is 2.16. The number of para-hydroxylation sites is 1. The van der Waals surface area contributed by atoms with E-state index in [2.05, 4.69) is 16.8 Å². The average Bonchev–Trinajstić information content (AvgIpc) is 2.65. The predicted octanol–water partition coefficient (Wildman–Crippen LogP) is 3.25. The van der Waals surface area contributed by atoms with Gasteiger partial charge < -0.3 is 4.74 Å². The maximum absolute atomic E-state index is 12.5. The first-order valence-corrected chi connectivity index (χ1v) is 7.33. The van der Waals surface area contributed by atoms with Gasteiger partial charge in [0.2, 0.25) is 0 Å². The van der Waals surface area contributed by atoms with Crippen molar-refractivity contribution in [2.75, 3.05) is 26.1 Å². The minimum atomic E-state index is -0.282. The van der Waals surface area contributed by atoms with Crippen LogP contribution in [0.3, 0.4) is 0 Å². The van der Waals surface area contributed by atoms with E-state index in [4.69, 9.17) is 4.74 Å². The number of amidine groups is 1. The molecule has 0 saturated heterocycles. The van der Waals surface area contributed by atoms with E-state index in [0.717, 1.165) is 17.0 Å². The van der Waals surface area contributed by atoms with Gasteiger partial charge in [0.05, 0.1) is 7.11 Å². The van der Waals surface area contributed by atoms with Crippen LogP contribution in [0.15, 0.2) is 64.7 Å². The Morgan fingerprint density at radius 1 is 1.04 bits per heavy atom. The van der Waals surface area contributed by atoms with Gasteiger partial charge in [0.15, 0.2) is 5.84 Å². The Kier molecular flexibility index (Phi) is 5.68. The van der Waals surface area contributed by atoms with Crippen LogP contribution in [0.25, 0.3) is 0 Å². The molecule has 0 aliphatic rings. The molecule has 0 aliphatic carbocycles. The second kappa shape index (κ2) is 7.92. The second-order valence-corrected chi connectivity index (χ2v) is 5.01.